The lowest BCUT2D eigenvalue weighted by Crippen LogP contribution is -2.42. The fourth-order valence-corrected chi connectivity index (χ4v) is 2.91. The van der Waals surface area contributed by atoms with E-state index in [9.17, 15) is 9.18 Å². The minimum absolute atomic E-state index is 0.00623. The second-order valence-electron chi connectivity index (χ2n) is 5.49. The number of nitrogens with zero attached hydrogens (tertiary/aromatic N) is 1. The van der Waals surface area contributed by atoms with Crippen LogP contribution in [0, 0.1) is 5.82 Å². The zero-order valence-electron chi connectivity index (χ0n) is 12.4. The molecule has 1 heterocycles. The first-order valence-electron chi connectivity index (χ1n) is 7.60. The van der Waals surface area contributed by atoms with E-state index in [1.807, 2.05) is 0 Å². The molecule has 3 nitrogen and oxygen atoms in total. The third kappa shape index (κ3) is 4.17. The Morgan fingerprint density at radius 1 is 1.52 bits per heavy atom. The molecule has 0 aromatic heterocycles. The smallest absolute Gasteiger partial charge is 0.258 e. The van der Waals surface area contributed by atoms with Crippen LogP contribution in [0.1, 0.15) is 43.0 Å². The van der Waals surface area contributed by atoms with Gasteiger partial charge in [0, 0.05) is 19.1 Å². The fraction of sp³-hybridized carbons (Fsp3) is 0.562. The summed E-state index contributed by atoms with van der Waals surface area (Å²) >= 11 is 6.02. The molecule has 21 heavy (non-hydrogen) atoms. The van der Waals surface area contributed by atoms with Gasteiger partial charge in [-0.05, 0) is 37.9 Å². The molecule has 1 unspecified atom stereocenters. The monoisotopic (exact) mass is 312 g/mol. The van der Waals surface area contributed by atoms with Gasteiger partial charge in [0.05, 0.1) is 10.6 Å². The highest BCUT2D eigenvalue weighted by atomic mass is 35.5. The molecular formula is C16H22ClFN2O. The number of hydrogen-bond acceptors (Lipinski definition) is 2. The predicted molar refractivity (Wildman–Crippen MR) is 83.2 cm³/mol. The highest BCUT2D eigenvalue weighted by Crippen LogP contribution is 2.21. The number of carbonyl (C=O) groups excluding carboxylic acids is 1. The fourth-order valence-electron chi connectivity index (χ4n) is 2.66. The molecule has 1 amide bonds. The van der Waals surface area contributed by atoms with Gasteiger partial charge in [0.2, 0.25) is 0 Å². The highest BCUT2D eigenvalue weighted by Gasteiger charge is 2.25. The van der Waals surface area contributed by atoms with Crippen molar-refractivity contribution in [1.29, 1.82) is 0 Å². The Bertz CT molecular complexity index is 469. The topological polar surface area (TPSA) is 32.3 Å². The summed E-state index contributed by atoms with van der Waals surface area (Å²) in [4.78, 5) is 14.4. The summed E-state index contributed by atoms with van der Waals surface area (Å²) in [5.74, 6) is -0.853. The first-order valence-corrected chi connectivity index (χ1v) is 7.98. The van der Waals surface area contributed by atoms with Crippen molar-refractivity contribution in [2.24, 2.45) is 0 Å². The van der Waals surface area contributed by atoms with Crippen LogP contribution in [0.25, 0.3) is 0 Å². The van der Waals surface area contributed by atoms with E-state index < -0.39 is 5.82 Å². The number of hydrogen-bond donors (Lipinski definition) is 1. The maximum absolute atomic E-state index is 13.9. The number of unbranched alkanes of at least 4 members (excludes halogenated alkanes) is 1. The maximum Gasteiger partial charge on any atom is 0.258 e. The maximum atomic E-state index is 13.9. The van der Waals surface area contributed by atoms with Gasteiger partial charge in [-0.3, -0.25) is 4.79 Å². The standard InChI is InChI=1S/C16H22ClFN2O/c1-2-3-10-20(11-12-6-5-9-19-12)16(21)15-13(17)7-4-8-14(15)18/h4,7-8,12,19H,2-3,5-6,9-11H2,1H3. The van der Waals surface area contributed by atoms with Crippen LogP contribution in [-0.4, -0.2) is 36.5 Å². The van der Waals surface area contributed by atoms with Gasteiger partial charge in [0.15, 0.2) is 0 Å². The Labute approximate surface area is 130 Å². The number of carbonyl (C=O) groups is 1. The summed E-state index contributed by atoms with van der Waals surface area (Å²) in [6.07, 6.45) is 4.08. The van der Waals surface area contributed by atoms with E-state index in [4.69, 9.17) is 11.6 Å². The molecule has 5 heteroatoms. The van der Waals surface area contributed by atoms with Gasteiger partial charge >= 0.3 is 0 Å². The number of benzene rings is 1. The molecule has 1 aliphatic heterocycles. The lowest BCUT2D eigenvalue weighted by Gasteiger charge is -2.26. The van der Waals surface area contributed by atoms with Crippen LogP contribution < -0.4 is 5.32 Å². The van der Waals surface area contributed by atoms with Gasteiger partial charge < -0.3 is 10.2 Å². The van der Waals surface area contributed by atoms with Crippen molar-refractivity contribution in [3.05, 3.63) is 34.6 Å². The molecular weight excluding hydrogens is 291 g/mol. The van der Waals surface area contributed by atoms with Crippen LogP contribution >= 0.6 is 11.6 Å². The van der Waals surface area contributed by atoms with E-state index in [1.54, 1.807) is 11.0 Å². The molecule has 0 aliphatic carbocycles. The first-order chi connectivity index (χ1) is 10.1. The van der Waals surface area contributed by atoms with E-state index in [0.717, 1.165) is 32.2 Å². The van der Waals surface area contributed by atoms with Gasteiger partial charge in [-0.2, -0.15) is 0 Å². The third-order valence-electron chi connectivity index (χ3n) is 3.85. The van der Waals surface area contributed by atoms with Gasteiger partial charge in [-0.1, -0.05) is 31.0 Å². The third-order valence-corrected chi connectivity index (χ3v) is 4.16. The van der Waals surface area contributed by atoms with Crippen LogP contribution in [0.15, 0.2) is 18.2 Å². The van der Waals surface area contributed by atoms with E-state index in [2.05, 4.69) is 12.2 Å². The first kappa shape index (κ1) is 16.2. The van der Waals surface area contributed by atoms with Gasteiger partial charge in [-0.25, -0.2) is 4.39 Å². The van der Waals surface area contributed by atoms with E-state index >= 15 is 0 Å². The summed E-state index contributed by atoms with van der Waals surface area (Å²) in [5, 5.41) is 3.56. The molecule has 0 radical (unpaired) electrons. The Balaban J connectivity index is 2.16. The molecule has 2 rings (SSSR count). The molecule has 1 atom stereocenters. The second-order valence-corrected chi connectivity index (χ2v) is 5.90. The number of halogens is 2. The van der Waals surface area contributed by atoms with E-state index in [1.165, 1.54) is 12.1 Å². The van der Waals surface area contributed by atoms with Crippen LogP contribution in [0.3, 0.4) is 0 Å². The van der Waals surface area contributed by atoms with Crippen molar-refractivity contribution >= 4 is 17.5 Å². The van der Waals surface area contributed by atoms with Crippen LogP contribution in [0.2, 0.25) is 5.02 Å². The zero-order chi connectivity index (χ0) is 15.2. The number of rotatable bonds is 6. The summed E-state index contributed by atoms with van der Waals surface area (Å²) in [6.45, 7) is 4.31. The van der Waals surface area contributed by atoms with Gasteiger partial charge in [-0.15, -0.1) is 0 Å². The molecule has 1 N–H and O–H groups in total. The van der Waals surface area contributed by atoms with Crippen molar-refractivity contribution in [3.63, 3.8) is 0 Å². The van der Waals surface area contributed by atoms with Crippen molar-refractivity contribution in [1.82, 2.24) is 10.2 Å². The minimum Gasteiger partial charge on any atom is -0.337 e. The molecule has 0 saturated carbocycles. The average molecular weight is 313 g/mol. The predicted octanol–water partition coefficient (Wildman–Crippen LogP) is 3.47. The Morgan fingerprint density at radius 3 is 2.95 bits per heavy atom. The summed E-state index contributed by atoms with van der Waals surface area (Å²) < 4.78 is 13.9. The molecule has 1 aromatic rings. The molecule has 0 bridgehead atoms. The lowest BCUT2D eigenvalue weighted by atomic mass is 10.1. The normalized spacial score (nSPS) is 18.0. The van der Waals surface area contributed by atoms with Crippen molar-refractivity contribution in [2.75, 3.05) is 19.6 Å². The number of amides is 1. The molecule has 1 aromatic carbocycles. The van der Waals surface area contributed by atoms with E-state index in [-0.39, 0.29) is 16.5 Å². The van der Waals surface area contributed by atoms with Crippen LogP contribution in [-0.2, 0) is 0 Å². The largest absolute Gasteiger partial charge is 0.337 e. The molecule has 1 aliphatic rings. The average Bonchev–Trinajstić information content (AvgIpc) is 2.96. The van der Waals surface area contributed by atoms with Crippen LogP contribution in [0.4, 0.5) is 4.39 Å². The quantitative estimate of drug-likeness (QED) is 0.872. The molecule has 1 fully saturated rings. The molecule has 0 spiro atoms. The summed E-state index contributed by atoms with van der Waals surface area (Å²) in [7, 11) is 0. The summed E-state index contributed by atoms with van der Waals surface area (Å²) in [6, 6.07) is 4.66. The van der Waals surface area contributed by atoms with Crippen molar-refractivity contribution < 1.29 is 9.18 Å². The lowest BCUT2D eigenvalue weighted by molar-refractivity contribution is 0.0735. The summed E-state index contributed by atoms with van der Waals surface area (Å²) in [5.41, 5.74) is -0.00623. The SMILES string of the molecule is CCCCN(CC1CCCN1)C(=O)c1c(F)cccc1Cl. The van der Waals surface area contributed by atoms with Gasteiger partial charge in [0.1, 0.15) is 5.82 Å². The van der Waals surface area contributed by atoms with Crippen molar-refractivity contribution in [3.8, 4) is 0 Å². The zero-order valence-corrected chi connectivity index (χ0v) is 13.1. The minimum atomic E-state index is -0.548. The second kappa shape index (κ2) is 7.76. The van der Waals surface area contributed by atoms with Gasteiger partial charge in [0.25, 0.3) is 5.91 Å². The molecule has 116 valence electrons. The molecule has 1 saturated heterocycles. The van der Waals surface area contributed by atoms with E-state index in [0.29, 0.717) is 19.1 Å². The number of nitrogens with one attached hydrogen (secondary N) is 1. The highest BCUT2D eigenvalue weighted by molar-refractivity contribution is 6.33. The van der Waals surface area contributed by atoms with Crippen molar-refractivity contribution in [2.45, 2.75) is 38.6 Å². The Kier molecular flexibility index (Phi) is 6.00. The van der Waals surface area contributed by atoms with Crippen LogP contribution in [0.5, 0.6) is 0 Å². The Hall–Kier alpha value is -1.13. The Morgan fingerprint density at radius 2 is 2.33 bits per heavy atom.